The highest BCUT2D eigenvalue weighted by Gasteiger charge is 2.40. The van der Waals surface area contributed by atoms with Crippen LogP contribution in [0.25, 0.3) is 0 Å². The van der Waals surface area contributed by atoms with Gasteiger partial charge in [-0.25, -0.2) is 0 Å². The van der Waals surface area contributed by atoms with Crippen molar-refractivity contribution in [2.24, 2.45) is 0 Å². The lowest BCUT2D eigenvalue weighted by Gasteiger charge is -2.46. The molecule has 1 spiro atoms. The molecule has 0 atom stereocenters. The number of halogens is 1. The molecule has 0 radical (unpaired) electrons. The van der Waals surface area contributed by atoms with Crippen LogP contribution in [0.15, 0.2) is 18.2 Å². The van der Waals surface area contributed by atoms with Gasteiger partial charge in [-0.05, 0) is 24.6 Å². The second-order valence-corrected chi connectivity index (χ2v) is 7.13. The summed E-state index contributed by atoms with van der Waals surface area (Å²) in [7, 11) is 0. The monoisotopic (exact) mass is 349 g/mol. The number of fused-ring (bicyclic) bond motifs is 1. The van der Waals surface area contributed by atoms with Gasteiger partial charge >= 0.3 is 0 Å². The summed E-state index contributed by atoms with van der Waals surface area (Å²) in [6, 6.07) is 5.31. The molecule has 0 unspecified atom stereocenters. The lowest BCUT2D eigenvalue weighted by atomic mass is 9.92. The fraction of sp³-hybridized carbons (Fsp3) is 0.556. The van der Waals surface area contributed by atoms with Gasteiger partial charge in [-0.1, -0.05) is 31.4 Å². The topological polar surface area (TPSA) is 61.4 Å². The number of anilines is 1. The number of likely N-dealkylation sites (tertiary alicyclic amines) is 1. The van der Waals surface area contributed by atoms with Crippen molar-refractivity contribution >= 4 is 29.1 Å². The summed E-state index contributed by atoms with van der Waals surface area (Å²) in [5, 5.41) is 7.08. The fourth-order valence-electron chi connectivity index (χ4n) is 3.46. The summed E-state index contributed by atoms with van der Waals surface area (Å²) in [6.45, 7) is 3.47. The van der Waals surface area contributed by atoms with E-state index in [1.54, 1.807) is 12.1 Å². The normalized spacial score (nSPS) is 18.8. The average Bonchev–Trinajstić information content (AvgIpc) is 2.56. The Morgan fingerprint density at radius 1 is 1.25 bits per heavy atom. The zero-order valence-electron chi connectivity index (χ0n) is 14.0. The van der Waals surface area contributed by atoms with Crippen LogP contribution < -0.4 is 10.6 Å². The quantitative estimate of drug-likeness (QED) is 0.819. The highest BCUT2D eigenvalue weighted by molar-refractivity contribution is 6.31. The molecule has 1 saturated heterocycles. The lowest BCUT2D eigenvalue weighted by molar-refractivity contribution is -0.132. The van der Waals surface area contributed by atoms with Gasteiger partial charge in [-0.15, -0.1) is 0 Å². The second-order valence-electron chi connectivity index (χ2n) is 6.69. The fourth-order valence-corrected chi connectivity index (χ4v) is 3.63. The molecule has 2 amide bonds. The van der Waals surface area contributed by atoms with Crippen LogP contribution in [0.2, 0.25) is 5.02 Å². The molecule has 24 heavy (non-hydrogen) atoms. The van der Waals surface area contributed by atoms with E-state index < -0.39 is 5.66 Å². The van der Waals surface area contributed by atoms with Crippen molar-refractivity contribution < 1.29 is 9.59 Å². The van der Waals surface area contributed by atoms with Crippen LogP contribution in [0.1, 0.15) is 55.8 Å². The molecule has 5 nitrogen and oxygen atoms in total. The molecule has 2 aliphatic heterocycles. The lowest BCUT2D eigenvalue weighted by Crippen LogP contribution is -2.62. The van der Waals surface area contributed by atoms with E-state index in [4.69, 9.17) is 11.6 Å². The number of amides is 2. The molecular weight excluding hydrogens is 326 g/mol. The average molecular weight is 350 g/mol. The molecule has 1 fully saturated rings. The number of hydrogen-bond donors (Lipinski definition) is 2. The number of carbonyl (C=O) groups is 2. The first kappa shape index (κ1) is 17.1. The minimum absolute atomic E-state index is 0.103. The Labute approximate surface area is 147 Å². The van der Waals surface area contributed by atoms with Gasteiger partial charge in [0.1, 0.15) is 5.66 Å². The van der Waals surface area contributed by atoms with Crippen molar-refractivity contribution in [1.29, 1.82) is 0 Å². The zero-order valence-corrected chi connectivity index (χ0v) is 14.8. The summed E-state index contributed by atoms with van der Waals surface area (Å²) < 4.78 is 0. The van der Waals surface area contributed by atoms with Gasteiger partial charge in [0.2, 0.25) is 5.91 Å². The van der Waals surface area contributed by atoms with Crippen molar-refractivity contribution in [3.63, 3.8) is 0 Å². The van der Waals surface area contributed by atoms with Gasteiger partial charge in [0, 0.05) is 43.1 Å². The maximum Gasteiger partial charge on any atom is 0.255 e. The number of carbonyl (C=O) groups excluding carboxylic acids is 2. The minimum atomic E-state index is -0.460. The van der Waals surface area contributed by atoms with E-state index in [0.717, 1.165) is 24.9 Å². The maximum atomic E-state index is 12.4. The zero-order chi connectivity index (χ0) is 17.2. The molecule has 2 N–H and O–H groups in total. The molecule has 6 heteroatoms. The standard InChI is InChI=1S/C18H24ClN3O2/c1-2-3-4-5-16(23)22-10-8-18(9-11-22)20-15-7-6-13(19)12-14(15)17(24)21-18/h6-7,12,20H,2-5,8-11H2,1H3,(H,21,24). The number of piperidine rings is 1. The Hall–Kier alpha value is -1.75. The molecule has 1 aromatic rings. The van der Waals surface area contributed by atoms with E-state index in [9.17, 15) is 9.59 Å². The predicted molar refractivity (Wildman–Crippen MR) is 95.2 cm³/mol. The summed E-state index contributed by atoms with van der Waals surface area (Å²) >= 11 is 5.97. The van der Waals surface area contributed by atoms with Crippen molar-refractivity contribution in [2.75, 3.05) is 18.4 Å². The van der Waals surface area contributed by atoms with Gasteiger partial charge in [-0.3, -0.25) is 9.59 Å². The Kier molecular flexibility index (Phi) is 4.99. The summed E-state index contributed by atoms with van der Waals surface area (Å²) in [5.41, 5.74) is 0.926. The molecule has 3 rings (SSSR count). The highest BCUT2D eigenvalue weighted by atomic mass is 35.5. The van der Waals surface area contributed by atoms with Gasteiger partial charge < -0.3 is 15.5 Å². The van der Waals surface area contributed by atoms with Crippen LogP contribution in [0.5, 0.6) is 0 Å². The largest absolute Gasteiger partial charge is 0.362 e. The van der Waals surface area contributed by atoms with Crippen LogP contribution in [0.3, 0.4) is 0 Å². The Morgan fingerprint density at radius 3 is 2.71 bits per heavy atom. The highest BCUT2D eigenvalue weighted by Crippen LogP contribution is 2.32. The Balaban J connectivity index is 1.63. The third-order valence-electron chi connectivity index (χ3n) is 4.92. The van der Waals surface area contributed by atoms with E-state index in [-0.39, 0.29) is 11.8 Å². The number of nitrogens with zero attached hydrogens (tertiary/aromatic N) is 1. The van der Waals surface area contributed by atoms with Crippen LogP contribution in [-0.2, 0) is 4.79 Å². The first-order valence-electron chi connectivity index (χ1n) is 8.71. The van der Waals surface area contributed by atoms with Gasteiger partial charge in [0.25, 0.3) is 5.91 Å². The smallest absolute Gasteiger partial charge is 0.255 e. The van der Waals surface area contributed by atoms with Gasteiger partial charge in [-0.2, -0.15) is 0 Å². The van der Waals surface area contributed by atoms with Crippen LogP contribution >= 0.6 is 11.6 Å². The second kappa shape index (κ2) is 7.01. The molecule has 130 valence electrons. The third-order valence-corrected chi connectivity index (χ3v) is 5.15. The minimum Gasteiger partial charge on any atom is -0.362 e. The van der Waals surface area contributed by atoms with Crippen molar-refractivity contribution in [1.82, 2.24) is 10.2 Å². The number of hydrogen-bond acceptors (Lipinski definition) is 3. The number of nitrogens with one attached hydrogen (secondary N) is 2. The Bertz CT molecular complexity index is 639. The van der Waals surface area contributed by atoms with E-state index in [1.807, 2.05) is 11.0 Å². The molecule has 0 aromatic heterocycles. The molecule has 1 aromatic carbocycles. The van der Waals surface area contributed by atoms with Crippen LogP contribution in [0, 0.1) is 0 Å². The number of rotatable bonds is 4. The van der Waals surface area contributed by atoms with Crippen molar-refractivity contribution in [2.45, 2.75) is 51.1 Å². The van der Waals surface area contributed by atoms with Gasteiger partial charge in [0.15, 0.2) is 0 Å². The van der Waals surface area contributed by atoms with E-state index in [2.05, 4.69) is 17.6 Å². The SMILES string of the molecule is CCCCCC(=O)N1CCC2(CC1)NC(=O)c1cc(Cl)ccc1N2. The molecule has 0 bridgehead atoms. The first-order chi connectivity index (χ1) is 11.5. The van der Waals surface area contributed by atoms with Crippen molar-refractivity contribution in [3.8, 4) is 0 Å². The Morgan fingerprint density at radius 2 is 2.00 bits per heavy atom. The summed E-state index contributed by atoms with van der Waals surface area (Å²) in [5.74, 6) is 0.126. The van der Waals surface area contributed by atoms with E-state index in [0.29, 0.717) is 42.9 Å². The molecule has 0 saturated carbocycles. The third kappa shape index (κ3) is 3.51. The molecule has 2 aliphatic rings. The van der Waals surface area contributed by atoms with Crippen LogP contribution in [0.4, 0.5) is 5.69 Å². The maximum absolute atomic E-state index is 12.4. The first-order valence-corrected chi connectivity index (χ1v) is 9.09. The number of unbranched alkanes of at least 4 members (excludes halogenated alkanes) is 2. The summed E-state index contributed by atoms with van der Waals surface area (Å²) in [4.78, 5) is 26.6. The number of benzene rings is 1. The van der Waals surface area contributed by atoms with E-state index in [1.165, 1.54) is 0 Å². The van der Waals surface area contributed by atoms with Crippen molar-refractivity contribution in [3.05, 3.63) is 28.8 Å². The molecule has 0 aliphatic carbocycles. The molecular formula is C18H24ClN3O2. The summed E-state index contributed by atoms with van der Waals surface area (Å²) in [6.07, 6.45) is 5.22. The van der Waals surface area contributed by atoms with E-state index >= 15 is 0 Å². The predicted octanol–water partition coefficient (Wildman–Crippen LogP) is 3.39. The molecule has 2 heterocycles. The van der Waals surface area contributed by atoms with Crippen LogP contribution in [-0.4, -0.2) is 35.5 Å². The van der Waals surface area contributed by atoms with Gasteiger partial charge in [0.05, 0.1) is 5.56 Å².